The number of benzene rings is 1. The fraction of sp³-hybridized carbons (Fsp3) is 0.750. The topological polar surface area (TPSA) is 44.8 Å². The van der Waals surface area contributed by atoms with Crippen LogP contribution in [0.2, 0.25) is 0 Å². The van der Waals surface area contributed by atoms with E-state index in [9.17, 15) is 4.79 Å². The van der Waals surface area contributed by atoms with Gasteiger partial charge in [0, 0.05) is 25.2 Å². The number of carbonyl (C=O) groups is 1. The van der Waals surface area contributed by atoms with Gasteiger partial charge in [0.15, 0.2) is 5.79 Å². The number of rotatable bonds is 1. The lowest BCUT2D eigenvalue weighted by Gasteiger charge is -2.62. The van der Waals surface area contributed by atoms with Gasteiger partial charge in [0.25, 0.3) is 0 Å². The zero-order valence-electron chi connectivity index (χ0n) is 19.9. The summed E-state index contributed by atoms with van der Waals surface area (Å²) in [6.07, 6.45) is 10.5. The van der Waals surface area contributed by atoms with Gasteiger partial charge in [0.1, 0.15) is 6.10 Å². The molecule has 0 aromatic heterocycles. The summed E-state index contributed by atoms with van der Waals surface area (Å²) in [6, 6.07) is 8.67. The number of esters is 1. The van der Waals surface area contributed by atoms with Crippen LogP contribution in [0.3, 0.4) is 0 Å². The lowest BCUT2D eigenvalue weighted by molar-refractivity contribution is -0.333. The van der Waals surface area contributed by atoms with Gasteiger partial charge in [0.05, 0.1) is 12.7 Å². The minimum atomic E-state index is -0.428. The Hall–Kier alpha value is -1.39. The molecule has 1 spiro atoms. The van der Waals surface area contributed by atoms with E-state index in [2.05, 4.69) is 38.1 Å². The monoisotopic (exact) mass is 438 g/mol. The van der Waals surface area contributed by atoms with Gasteiger partial charge in [0.2, 0.25) is 0 Å². The molecule has 1 aromatic rings. The summed E-state index contributed by atoms with van der Waals surface area (Å²) in [5.74, 6) is 1.58. The van der Waals surface area contributed by atoms with Gasteiger partial charge < -0.3 is 14.2 Å². The second kappa shape index (κ2) is 7.30. The van der Waals surface area contributed by atoms with E-state index >= 15 is 0 Å². The normalized spacial score (nSPS) is 47.2. The first kappa shape index (κ1) is 21.2. The van der Waals surface area contributed by atoms with Crippen molar-refractivity contribution in [1.29, 1.82) is 0 Å². The fourth-order valence-corrected chi connectivity index (χ4v) is 8.74. The maximum Gasteiger partial charge on any atom is 0.302 e. The Kier molecular flexibility index (Phi) is 4.83. The van der Waals surface area contributed by atoms with Crippen LogP contribution in [0, 0.1) is 28.6 Å². The summed E-state index contributed by atoms with van der Waals surface area (Å²) in [5, 5.41) is 0. The van der Waals surface area contributed by atoms with E-state index in [0.29, 0.717) is 18.4 Å². The van der Waals surface area contributed by atoms with Gasteiger partial charge in [-0.1, -0.05) is 38.1 Å². The predicted octanol–water partition coefficient (Wildman–Crippen LogP) is 5.81. The molecule has 4 nitrogen and oxygen atoms in total. The van der Waals surface area contributed by atoms with Gasteiger partial charge in [-0.05, 0) is 79.2 Å². The van der Waals surface area contributed by atoms with E-state index in [0.717, 1.165) is 31.6 Å². The van der Waals surface area contributed by atoms with E-state index in [1.807, 2.05) is 0 Å². The molecule has 3 saturated carbocycles. The maximum absolute atomic E-state index is 11.7. The molecule has 8 atom stereocenters. The van der Waals surface area contributed by atoms with Gasteiger partial charge in [-0.2, -0.15) is 0 Å². The average molecular weight is 439 g/mol. The van der Waals surface area contributed by atoms with Crippen molar-refractivity contribution in [2.24, 2.45) is 28.6 Å². The van der Waals surface area contributed by atoms with Gasteiger partial charge in [-0.3, -0.25) is 4.79 Å². The van der Waals surface area contributed by atoms with Crippen molar-refractivity contribution in [1.82, 2.24) is 0 Å². The zero-order valence-corrected chi connectivity index (χ0v) is 19.9. The number of hydrogen-bond acceptors (Lipinski definition) is 4. The molecule has 2 heterocycles. The predicted molar refractivity (Wildman–Crippen MR) is 122 cm³/mol. The maximum atomic E-state index is 11.7. The number of fused-ring (bicyclic) bond motifs is 6. The first-order valence-corrected chi connectivity index (χ1v) is 12.9. The summed E-state index contributed by atoms with van der Waals surface area (Å²) in [7, 11) is 0. The Labute approximate surface area is 192 Å². The first-order valence-electron chi connectivity index (χ1n) is 12.9. The number of hydrogen-bond donors (Lipinski definition) is 0. The largest absolute Gasteiger partial charge is 0.462 e. The molecular weight excluding hydrogens is 400 g/mol. The molecular formula is C28H38O4. The molecule has 3 aliphatic carbocycles. The van der Waals surface area contributed by atoms with E-state index in [4.69, 9.17) is 14.2 Å². The summed E-state index contributed by atoms with van der Waals surface area (Å²) < 4.78 is 19.2. The summed E-state index contributed by atoms with van der Waals surface area (Å²) in [6.45, 7) is 7.15. The SMILES string of the molecule is CC(=O)O[C@H]1CC[C@H]2[C@@H]3CC[C@@H]4O[C@@]5(CC[C@]4(C)[C@H]3CC[C@]12C)Cc1ccccc1CO5. The standard InChI is InChI=1S/C28H38O4/c1-18(29)31-24-11-9-22-21-8-10-25-27(3,23(21)12-13-26(22,24)2)14-15-28(32-25)16-19-6-4-5-7-20(19)17-30-28/h4-7,21-25H,8-17H2,1-3H3/t21-,22-,23-,24-,25-,26-,27+,28-/m0/s1. The van der Waals surface area contributed by atoms with Crippen molar-refractivity contribution < 1.29 is 19.0 Å². The van der Waals surface area contributed by atoms with Crippen LogP contribution in [0.1, 0.15) is 83.3 Å². The van der Waals surface area contributed by atoms with Crippen molar-refractivity contribution in [3.05, 3.63) is 35.4 Å². The van der Waals surface area contributed by atoms with Gasteiger partial charge >= 0.3 is 5.97 Å². The fourth-order valence-electron chi connectivity index (χ4n) is 8.74. The molecule has 32 heavy (non-hydrogen) atoms. The Morgan fingerprint density at radius 3 is 2.53 bits per heavy atom. The molecule has 4 heteroatoms. The Bertz CT molecular complexity index is 912. The second-order valence-electron chi connectivity index (χ2n) is 11.9. The van der Waals surface area contributed by atoms with Gasteiger partial charge in [-0.25, -0.2) is 0 Å². The number of ether oxygens (including phenoxy) is 3. The van der Waals surface area contributed by atoms with Crippen LogP contribution < -0.4 is 0 Å². The van der Waals surface area contributed by atoms with E-state index in [-0.39, 0.29) is 29.0 Å². The zero-order chi connectivity index (χ0) is 22.1. The quantitative estimate of drug-likeness (QED) is 0.519. The highest BCUT2D eigenvalue weighted by atomic mass is 16.7. The van der Waals surface area contributed by atoms with Crippen LogP contribution in [-0.2, 0) is 32.0 Å². The minimum absolute atomic E-state index is 0.109. The van der Waals surface area contributed by atoms with Crippen LogP contribution in [0.4, 0.5) is 0 Å². The highest BCUT2D eigenvalue weighted by Crippen LogP contribution is 2.66. The average Bonchev–Trinajstić information content (AvgIpc) is 3.10. The smallest absolute Gasteiger partial charge is 0.302 e. The van der Waals surface area contributed by atoms with E-state index < -0.39 is 5.79 Å². The first-order chi connectivity index (χ1) is 15.3. The highest BCUT2D eigenvalue weighted by molar-refractivity contribution is 5.66. The van der Waals surface area contributed by atoms with Crippen LogP contribution in [0.15, 0.2) is 24.3 Å². The molecule has 0 amide bonds. The summed E-state index contributed by atoms with van der Waals surface area (Å²) in [4.78, 5) is 11.7. The van der Waals surface area contributed by atoms with Crippen molar-refractivity contribution in [2.45, 2.75) is 103 Å². The van der Waals surface area contributed by atoms with Crippen LogP contribution in [0.5, 0.6) is 0 Å². The van der Waals surface area contributed by atoms with Crippen molar-refractivity contribution in [2.75, 3.05) is 0 Å². The third kappa shape index (κ3) is 3.05. The number of carbonyl (C=O) groups excluding carboxylic acids is 1. The third-order valence-corrected chi connectivity index (χ3v) is 10.5. The second-order valence-corrected chi connectivity index (χ2v) is 11.9. The molecule has 0 unspecified atom stereocenters. The molecule has 4 fully saturated rings. The molecule has 0 radical (unpaired) electrons. The molecule has 0 bridgehead atoms. The van der Waals surface area contributed by atoms with Crippen LogP contribution >= 0.6 is 0 Å². The highest BCUT2D eigenvalue weighted by Gasteiger charge is 2.63. The van der Waals surface area contributed by atoms with Crippen LogP contribution in [-0.4, -0.2) is 24.0 Å². The Morgan fingerprint density at radius 2 is 1.72 bits per heavy atom. The van der Waals surface area contributed by atoms with Crippen molar-refractivity contribution >= 4 is 5.97 Å². The van der Waals surface area contributed by atoms with Crippen LogP contribution in [0.25, 0.3) is 0 Å². The lowest BCUT2D eigenvalue weighted by atomic mass is 9.48. The van der Waals surface area contributed by atoms with Gasteiger partial charge in [-0.15, -0.1) is 0 Å². The third-order valence-electron chi connectivity index (χ3n) is 10.5. The minimum Gasteiger partial charge on any atom is -0.462 e. The lowest BCUT2D eigenvalue weighted by Crippen LogP contribution is -2.61. The van der Waals surface area contributed by atoms with E-state index in [1.54, 1.807) is 6.92 Å². The molecule has 1 saturated heterocycles. The molecule has 0 N–H and O–H groups in total. The molecule has 174 valence electrons. The Balaban J connectivity index is 1.21. The van der Waals surface area contributed by atoms with Crippen molar-refractivity contribution in [3.63, 3.8) is 0 Å². The summed E-state index contributed by atoms with van der Waals surface area (Å²) >= 11 is 0. The molecule has 2 aliphatic heterocycles. The Morgan fingerprint density at radius 1 is 0.938 bits per heavy atom. The molecule has 6 rings (SSSR count). The van der Waals surface area contributed by atoms with E-state index in [1.165, 1.54) is 43.2 Å². The van der Waals surface area contributed by atoms with Crippen molar-refractivity contribution in [3.8, 4) is 0 Å². The molecule has 1 aromatic carbocycles. The molecule has 5 aliphatic rings. The summed E-state index contributed by atoms with van der Waals surface area (Å²) in [5.41, 5.74) is 3.10.